The van der Waals surface area contributed by atoms with Crippen molar-refractivity contribution in [3.63, 3.8) is 0 Å². The topological polar surface area (TPSA) is 45.7 Å². The Morgan fingerprint density at radius 1 is 1.30 bits per heavy atom. The second-order valence-corrected chi connectivity index (χ2v) is 4.87. The Balaban J connectivity index is 3.01. The predicted molar refractivity (Wildman–Crippen MR) is 78.8 cm³/mol. The number of hydrogen-bond donors (Lipinski definition) is 0. The van der Waals surface area contributed by atoms with Crippen LogP contribution in [0, 0.1) is 0 Å². The summed E-state index contributed by atoms with van der Waals surface area (Å²) in [5.41, 5.74) is -0.464. The highest BCUT2D eigenvalue weighted by atomic mass is 19.4. The molecule has 0 saturated carbocycles. The van der Waals surface area contributed by atoms with Crippen LogP contribution in [0.4, 0.5) is 13.2 Å². The van der Waals surface area contributed by atoms with E-state index in [1.807, 2.05) is 0 Å². The van der Waals surface area contributed by atoms with Gasteiger partial charge in [0, 0.05) is 20.3 Å². The van der Waals surface area contributed by atoms with Gasteiger partial charge in [-0.1, -0.05) is 6.58 Å². The highest BCUT2D eigenvalue weighted by Gasteiger charge is 2.30. The van der Waals surface area contributed by atoms with Gasteiger partial charge in [-0.15, -0.1) is 0 Å². The van der Waals surface area contributed by atoms with Crippen LogP contribution in [0.5, 0.6) is 0 Å². The molecule has 0 aliphatic heterocycles. The van der Waals surface area contributed by atoms with Crippen LogP contribution in [0.1, 0.15) is 11.3 Å². The first kappa shape index (κ1) is 18.5. The molecule has 0 spiro atoms. The van der Waals surface area contributed by atoms with E-state index in [1.54, 1.807) is 14.1 Å². The molecule has 0 unspecified atom stereocenters. The van der Waals surface area contributed by atoms with Gasteiger partial charge in [-0.3, -0.25) is 9.78 Å². The van der Waals surface area contributed by atoms with Crippen LogP contribution in [0.3, 0.4) is 0 Å². The smallest absolute Gasteiger partial charge is 0.417 e. The number of carbonyl (C=O) groups is 1. The number of hydrogen-bond acceptors (Lipinski definition) is 4. The van der Waals surface area contributed by atoms with E-state index >= 15 is 0 Å². The number of rotatable bonds is 6. The summed E-state index contributed by atoms with van der Waals surface area (Å²) in [5.74, 6) is -0.248. The number of carbonyl (C=O) groups excluding carboxylic acids is 1. The lowest BCUT2D eigenvalue weighted by molar-refractivity contribution is -0.137. The summed E-state index contributed by atoms with van der Waals surface area (Å²) in [5, 5.41) is 0. The van der Waals surface area contributed by atoms with E-state index in [4.69, 9.17) is 4.74 Å². The van der Waals surface area contributed by atoms with Gasteiger partial charge in [-0.25, -0.2) is 0 Å². The van der Waals surface area contributed by atoms with Crippen LogP contribution < -0.4 is 0 Å². The maximum atomic E-state index is 12.5. The van der Waals surface area contributed by atoms with E-state index in [0.717, 1.165) is 12.3 Å². The Bertz CT molecular complexity index is 595. The van der Waals surface area contributed by atoms with Crippen LogP contribution in [-0.4, -0.2) is 41.9 Å². The summed E-state index contributed by atoms with van der Waals surface area (Å²) >= 11 is 0. The van der Waals surface area contributed by atoms with Crippen molar-refractivity contribution in [2.45, 2.75) is 12.7 Å². The quantitative estimate of drug-likeness (QED) is 0.594. The normalized spacial score (nSPS) is 10.9. The molecule has 0 atom stereocenters. The molecule has 0 fully saturated rings. The Morgan fingerprint density at radius 3 is 2.30 bits per heavy atom. The Hall–Kier alpha value is -2.51. The third-order valence-electron chi connectivity index (χ3n) is 2.99. The number of nitrogens with zero attached hydrogens (tertiary/aromatic N) is 3. The molecule has 1 amide bonds. The molecule has 0 aliphatic carbocycles. The molecule has 1 aromatic heterocycles. The molecule has 126 valence electrons. The number of pyridine rings is 1. The monoisotopic (exact) mass is 329 g/mol. The molecule has 0 aromatic carbocycles. The molecule has 23 heavy (non-hydrogen) atoms. The first-order valence-electron chi connectivity index (χ1n) is 6.51. The van der Waals surface area contributed by atoms with Gasteiger partial charge in [0.1, 0.15) is 5.70 Å². The Labute approximate surface area is 132 Å². The van der Waals surface area contributed by atoms with E-state index in [0.29, 0.717) is 5.69 Å². The van der Waals surface area contributed by atoms with Crippen molar-refractivity contribution in [2.75, 3.05) is 21.2 Å². The highest BCUT2D eigenvalue weighted by Crippen LogP contribution is 2.28. The van der Waals surface area contributed by atoms with E-state index in [9.17, 15) is 18.0 Å². The van der Waals surface area contributed by atoms with E-state index in [-0.39, 0.29) is 24.0 Å². The molecule has 8 heteroatoms. The number of halogens is 3. The molecule has 1 heterocycles. The van der Waals surface area contributed by atoms with Crippen LogP contribution in [0.2, 0.25) is 0 Å². The molecule has 0 saturated heterocycles. The van der Waals surface area contributed by atoms with Gasteiger partial charge >= 0.3 is 6.18 Å². The van der Waals surface area contributed by atoms with Gasteiger partial charge in [0.05, 0.1) is 24.9 Å². The molecule has 0 aliphatic rings. The van der Waals surface area contributed by atoms with Crippen LogP contribution in [0.15, 0.2) is 43.1 Å². The van der Waals surface area contributed by atoms with Gasteiger partial charge in [0.2, 0.25) is 0 Å². The summed E-state index contributed by atoms with van der Waals surface area (Å²) in [6.45, 7) is 7.34. The fourth-order valence-electron chi connectivity index (χ4n) is 1.67. The SMILES string of the molecule is C=C(OC)N(Cc1ccc(C(F)(F)F)cn1)C(=C)C(=O)N(C)C. The summed E-state index contributed by atoms with van der Waals surface area (Å²) in [6, 6.07) is 2.15. The summed E-state index contributed by atoms with van der Waals surface area (Å²) in [7, 11) is 4.47. The number of alkyl halides is 3. The van der Waals surface area contributed by atoms with Crippen LogP contribution in [0.25, 0.3) is 0 Å². The zero-order chi connectivity index (χ0) is 17.8. The second kappa shape index (κ2) is 7.17. The Kier molecular flexibility index (Phi) is 5.78. The standard InChI is InChI=1S/C15H18F3N3O2/c1-10(14(22)20(3)4)21(11(2)23-5)9-13-7-6-12(8-19-13)15(16,17)18/h6-8H,1-2,9H2,3-5H3. The Morgan fingerprint density at radius 2 is 1.91 bits per heavy atom. The van der Waals surface area contributed by atoms with Gasteiger partial charge in [-0.2, -0.15) is 13.2 Å². The van der Waals surface area contributed by atoms with Gasteiger partial charge in [-0.05, 0) is 18.7 Å². The zero-order valence-electron chi connectivity index (χ0n) is 13.1. The minimum absolute atomic E-state index is 0.00320. The molecule has 5 nitrogen and oxygen atoms in total. The van der Waals surface area contributed by atoms with Crippen molar-refractivity contribution >= 4 is 5.91 Å². The molecule has 0 bridgehead atoms. The average Bonchev–Trinajstić information content (AvgIpc) is 2.49. The lowest BCUT2D eigenvalue weighted by atomic mass is 10.2. The van der Waals surface area contributed by atoms with E-state index < -0.39 is 11.7 Å². The first-order valence-corrected chi connectivity index (χ1v) is 6.51. The van der Waals surface area contributed by atoms with Crippen molar-refractivity contribution in [3.05, 3.63) is 54.3 Å². The lowest BCUT2D eigenvalue weighted by Gasteiger charge is -2.27. The highest BCUT2D eigenvalue weighted by molar-refractivity contribution is 5.92. The summed E-state index contributed by atoms with van der Waals surface area (Å²) < 4.78 is 42.6. The molecule has 1 aromatic rings. The number of aromatic nitrogens is 1. The predicted octanol–water partition coefficient (Wildman–Crippen LogP) is 2.62. The van der Waals surface area contributed by atoms with Gasteiger partial charge < -0.3 is 14.5 Å². The van der Waals surface area contributed by atoms with Crippen molar-refractivity contribution in [2.24, 2.45) is 0 Å². The molecule has 0 N–H and O–H groups in total. The number of amides is 1. The number of methoxy groups -OCH3 is 1. The fraction of sp³-hybridized carbons (Fsp3) is 0.333. The van der Waals surface area contributed by atoms with Crippen molar-refractivity contribution in [3.8, 4) is 0 Å². The molecular weight excluding hydrogens is 311 g/mol. The summed E-state index contributed by atoms with van der Waals surface area (Å²) in [4.78, 5) is 18.4. The first-order chi connectivity index (χ1) is 10.6. The third kappa shape index (κ3) is 4.73. The van der Waals surface area contributed by atoms with Crippen molar-refractivity contribution in [1.82, 2.24) is 14.8 Å². The maximum Gasteiger partial charge on any atom is 0.417 e. The largest absolute Gasteiger partial charge is 0.483 e. The molecule has 0 radical (unpaired) electrons. The van der Waals surface area contributed by atoms with Crippen LogP contribution >= 0.6 is 0 Å². The van der Waals surface area contributed by atoms with Crippen molar-refractivity contribution in [1.29, 1.82) is 0 Å². The van der Waals surface area contributed by atoms with E-state index in [2.05, 4.69) is 18.1 Å². The second-order valence-electron chi connectivity index (χ2n) is 4.87. The number of likely N-dealkylation sites (N-methyl/N-ethyl adjacent to an activating group) is 1. The lowest BCUT2D eigenvalue weighted by Crippen LogP contribution is -2.33. The third-order valence-corrected chi connectivity index (χ3v) is 2.99. The molecular formula is C15H18F3N3O2. The van der Waals surface area contributed by atoms with Crippen LogP contribution in [-0.2, 0) is 22.3 Å². The van der Waals surface area contributed by atoms with Gasteiger partial charge in [0.25, 0.3) is 5.91 Å². The molecule has 1 rings (SSSR count). The number of ether oxygens (including phenoxy) is 1. The fourth-order valence-corrected chi connectivity index (χ4v) is 1.67. The minimum Gasteiger partial charge on any atom is -0.483 e. The minimum atomic E-state index is -4.45. The van der Waals surface area contributed by atoms with E-state index in [1.165, 1.54) is 23.0 Å². The average molecular weight is 329 g/mol. The maximum absolute atomic E-state index is 12.5. The summed E-state index contributed by atoms with van der Waals surface area (Å²) in [6.07, 6.45) is -3.72. The van der Waals surface area contributed by atoms with Gasteiger partial charge in [0.15, 0.2) is 5.88 Å². The zero-order valence-corrected chi connectivity index (χ0v) is 13.1. The van der Waals surface area contributed by atoms with Crippen molar-refractivity contribution < 1.29 is 22.7 Å².